The number of nitrogens with zero attached hydrogens (tertiary/aromatic N) is 1. The van der Waals surface area contributed by atoms with Gasteiger partial charge < -0.3 is 0 Å². The van der Waals surface area contributed by atoms with Crippen LogP contribution in [0.5, 0.6) is 0 Å². The number of aromatic nitrogens is 1. The van der Waals surface area contributed by atoms with Gasteiger partial charge in [0.1, 0.15) is 0 Å². The second kappa shape index (κ2) is 4.38. The standard InChI is InChI=1S/C16H13N/c1-2-6-13(7-3-1)10-16-11-14-8-4-5-9-15(14)12-17-16/h1-9,11-12H,10H2. The maximum absolute atomic E-state index is 4.50. The molecule has 1 aromatic heterocycles. The molecule has 1 heteroatoms. The molecule has 0 aliphatic rings. The van der Waals surface area contributed by atoms with Crippen molar-refractivity contribution in [3.63, 3.8) is 0 Å². The van der Waals surface area contributed by atoms with Gasteiger partial charge in [0, 0.05) is 23.7 Å². The van der Waals surface area contributed by atoms with E-state index in [0.717, 1.165) is 12.1 Å². The smallest absolute Gasteiger partial charge is 0.0453 e. The minimum Gasteiger partial charge on any atom is -0.260 e. The molecular weight excluding hydrogens is 206 g/mol. The van der Waals surface area contributed by atoms with Gasteiger partial charge in [0.15, 0.2) is 0 Å². The van der Waals surface area contributed by atoms with E-state index >= 15 is 0 Å². The van der Waals surface area contributed by atoms with E-state index in [1.807, 2.05) is 18.3 Å². The van der Waals surface area contributed by atoms with Crippen LogP contribution < -0.4 is 0 Å². The Bertz CT molecular complexity index is 629. The number of benzene rings is 2. The molecule has 82 valence electrons. The van der Waals surface area contributed by atoms with Gasteiger partial charge in [-0.05, 0) is 17.0 Å². The monoisotopic (exact) mass is 219 g/mol. The Morgan fingerprint density at radius 2 is 1.47 bits per heavy atom. The second-order valence-corrected chi connectivity index (χ2v) is 4.19. The zero-order valence-electron chi connectivity index (χ0n) is 9.51. The minimum atomic E-state index is 0.895. The lowest BCUT2D eigenvalue weighted by Crippen LogP contribution is -1.91. The largest absolute Gasteiger partial charge is 0.260 e. The Labute approximate surface area is 101 Å². The van der Waals surface area contributed by atoms with Gasteiger partial charge >= 0.3 is 0 Å². The zero-order valence-corrected chi connectivity index (χ0v) is 9.51. The summed E-state index contributed by atoms with van der Waals surface area (Å²) < 4.78 is 0. The molecular formula is C16H13N. The third kappa shape index (κ3) is 2.18. The van der Waals surface area contributed by atoms with Crippen molar-refractivity contribution in [2.45, 2.75) is 6.42 Å². The molecule has 0 unspecified atom stereocenters. The highest BCUT2D eigenvalue weighted by molar-refractivity contribution is 5.81. The first kappa shape index (κ1) is 10.0. The van der Waals surface area contributed by atoms with Gasteiger partial charge in [-0.15, -0.1) is 0 Å². The molecule has 0 aliphatic carbocycles. The molecule has 2 aromatic carbocycles. The molecule has 1 nitrogen and oxygen atoms in total. The Hall–Kier alpha value is -2.15. The molecule has 1 heterocycles. The van der Waals surface area contributed by atoms with Gasteiger partial charge in [0.25, 0.3) is 0 Å². The van der Waals surface area contributed by atoms with Crippen LogP contribution in [-0.4, -0.2) is 4.98 Å². The van der Waals surface area contributed by atoms with Crippen molar-refractivity contribution in [1.29, 1.82) is 0 Å². The second-order valence-electron chi connectivity index (χ2n) is 4.19. The average molecular weight is 219 g/mol. The van der Waals surface area contributed by atoms with E-state index in [-0.39, 0.29) is 0 Å². The molecule has 0 bridgehead atoms. The summed E-state index contributed by atoms with van der Waals surface area (Å²) in [4.78, 5) is 4.50. The van der Waals surface area contributed by atoms with Crippen molar-refractivity contribution in [3.05, 3.63) is 78.1 Å². The summed E-state index contributed by atoms with van der Waals surface area (Å²) in [6, 6.07) is 20.9. The lowest BCUT2D eigenvalue weighted by atomic mass is 10.1. The van der Waals surface area contributed by atoms with E-state index < -0.39 is 0 Å². The SMILES string of the molecule is c1ccc(Cc2cc3ccccc3cn2)cc1. The number of pyridine rings is 1. The molecule has 0 aliphatic heterocycles. The summed E-state index contributed by atoms with van der Waals surface area (Å²) in [6.45, 7) is 0. The fourth-order valence-corrected chi connectivity index (χ4v) is 2.03. The van der Waals surface area contributed by atoms with Crippen LogP contribution in [-0.2, 0) is 6.42 Å². The van der Waals surface area contributed by atoms with Crippen LogP contribution in [0.25, 0.3) is 10.8 Å². The number of rotatable bonds is 2. The lowest BCUT2D eigenvalue weighted by Gasteiger charge is -2.03. The predicted molar refractivity (Wildman–Crippen MR) is 71.0 cm³/mol. The van der Waals surface area contributed by atoms with Crippen molar-refractivity contribution in [3.8, 4) is 0 Å². The maximum Gasteiger partial charge on any atom is 0.0453 e. The van der Waals surface area contributed by atoms with Gasteiger partial charge in [-0.2, -0.15) is 0 Å². The average Bonchev–Trinajstić information content (AvgIpc) is 2.40. The summed E-state index contributed by atoms with van der Waals surface area (Å²) in [5.74, 6) is 0. The summed E-state index contributed by atoms with van der Waals surface area (Å²) in [7, 11) is 0. The molecule has 0 radical (unpaired) electrons. The van der Waals surface area contributed by atoms with E-state index in [2.05, 4.69) is 53.5 Å². The normalized spacial score (nSPS) is 10.6. The first-order valence-corrected chi connectivity index (χ1v) is 5.79. The Balaban J connectivity index is 1.96. The molecule has 3 rings (SSSR count). The predicted octanol–water partition coefficient (Wildman–Crippen LogP) is 3.83. The topological polar surface area (TPSA) is 12.9 Å². The van der Waals surface area contributed by atoms with Crippen LogP contribution in [0.2, 0.25) is 0 Å². The molecule has 0 spiro atoms. The summed E-state index contributed by atoms with van der Waals surface area (Å²) in [5, 5.41) is 2.46. The summed E-state index contributed by atoms with van der Waals surface area (Å²) in [5.41, 5.74) is 2.42. The number of hydrogen-bond donors (Lipinski definition) is 0. The van der Waals surface area contributed by atoms with Gasteiger partial charge in [-0.25, -0.2) is 0 Å². The Morgan fingerprint density at radius 3 is 2.29 bits per heavy atom. The van der Waals surface area contributed by atoms with Crippen LogP contribution in [0.15, 0.2) is 66.9 Å². The van der Waals surface area contributed by atoms with E-state index in [9.17, 15) is 0 Å². The first-order chi connectivity index (χ1) is 8.42. The molecule has 0 atom stereocenters. The fourth-order valence-electron chi connectivity index (χ4n) is 2.03. The van der Waals surface area contributed by atoms with Crippen LogP contribution in [0.3, 0.4) is 0 Å². The van der Waals surface area contributed by atoms with E-state index in [0.29, 0.717) is 0 Å². The zero-order chi connectivity index (χ0) is 11.5. The van der Waals surface area contributed by atoms with E-state index in [1.165, 1.54) is 16.3 Å². The lowest BCUT2D eigenvalue weighted by molar-refractivity contribution is 1.09. The van der Waals surface area contributed by atoms with Gasteiger partial charge in [-0.3, -0.25) is 4.98 Å². The third-order valence-corrected chi connectivity index (χ3v) is 2.92. The van der Waals surface area contributed by atoms with Gasteiger partial charge in [0.2, 0.25) is 0 Å². The van der Waals surface area contributed by atoms with Crippen LogP contribution in [0.4, 0.5) is 0 Å². The fraction of sp³-hybridized carbons (Fsp3) is 0.0625. The molecule has 0 saturated heterocycles. The number of fused-ring (bicyclic) bond motifs is 1. The van der Waals surface area contributed by atoms with E-state index in [1.54, 1.807) is 0 Å². The van der Waals surface area contributed by atoms with E-state index in [4.69, 9.17) is 0 Å². The highest BCUT2D eigenvalue weighted by Crippen LogP contribution is 2.15. The van der Waals surface area contributed by atoms with Crippen molar-refractivity contribution < 1.29 is 0 Å². The quantitative estimate of drug-likeness (QED) is 0.638. The van der Waals surface area contributed by atoms with Crippen LogP contribution in [0.1, 0.15) is 11.3 Å². The maximum atomic E-state index is 4.50. The highest BCUT2D eigenvalue weighted by Gasteiger charge is 1.99. The molecule has 0 amide bonds. The Kier molecular flexibility index (Phi) is 2.59. The van der Waals surface area contributed by atoms with Crippen molar-refractivity contribution in [2.75, 3.05) is 0 Å². The molecule has 17 heavy (non-hydrogen) atoms. The molecule has 0 N–H and O–H groups in total. The van der Waals surface area contributed by atoms with Crippen molar-refractivity contribution >= 4 is 10.8 Å². The van der Waals surface area contributed by atoms with Crippen molar-refractivity contribution in [1.82, 2.24) is 4.98 Å². The summed E-state index contributed by atoms with van der Waals surface area (Å²) >= 11 is 0. The summed E-state index contributed by atoms with van der Waals surface area (Å²) in [6.07, 6.45) is 2.85. The molecule has 0 fully saturated rings. The van der Waals surface area contributed by atoms with Gasteiger partial charge in [-0.1, -0.05) is 54.6 Å². The third-order valence-electron chi connectivity index (χ3n) is 2.92. The van der Waals surface area contributed by atoms with Gasteiger partial charge in [0.05, 0.1) is 0 Å². The van der Waals surface area contributed by atoms with Crippen molar-refractivity contribution in [2.24, 2.45) is 0 Å². The number of hydrogen-bond acceptors (Lipinski definition) is 1. The molecule has 0 saturated carbocycles. The van der Waals surface area contributed by atoms with Crippen LogP contribution >= 0.6 is 0 Å². The van der Waals surface area contributed by atoms with Crippen LogP contribution in [0, 0.1) is 0 Å². The minimum absolute atomic E-state index is 0.895. The molecule has 3 aromatic rings. The first-order valence-electron chi connectivity index (χ1n) is 5.79. The highest BCUT2D eigenvalue weighted by atomic mass is 14.7. The Morgan fingerprint density at radius 1 is 0.765 bits per heavy atom.